The molecule has 0 bridgehead atoms. The summed E-state index contributed by atoms with van der Waals surface area (Å²) in [5.41, 5.74) is 4.14. The van der Waals surface area contributed by atoms with Gasteiger partial charge in [0.25, 0.3) is 0 Å². The van der Waals surface area contributed by atoms with E-state index in [1.807, 2.05) is 22.9 Å². The van der Waals surface area contributed by atoms with Crippen molar-refractivity contribution in [2.24, 2.45) is 0 Å². The lowest BCUT2D eigenvalue weighted by Crippen LogP contribution is -2.23. The van der Waals surface area contributed by atoms with E-state index in [1.54, 1.807) is 0 Å². The molecule has 3 heterocycles. The Hall–Kier alpha value is -2.56. The van der Waals surface area contributed by atoms with Crippen LogP contribution < -0.4 is 5.32 Å². The summed E-state index contributed by atoms with van der Waals surface area (Å²) < 4.78 is 8.06. The zero-order valence-corrected chi connectivity index (χ0v) is 13.5. The van der Waals surface area contributed by atoms with Crippen molar-refractivity contribution in [3.8, 4) is 0 Å². The van der Waals surface area contributed by atoms with Crippen LogP contribution in [0.3, 0.4) is 0 Å². The average molecular weight is 309 g/mol. The van der Waals surface area contributed by atoms with Crippen LogP contribution in [0.1, 0.15) is 41.8 Å². The molecule has 5 nitrogen and oxygen atoms in total. The topological polar surface area (TPSA) is 60.1 Å². The maximum absolute atomic E-state index is 12.1. The number of rotatable bonds is 2. The molecule has 0 saturated heterocycles. The third-order valence-electron chi connectivity index (χ3n) is 4.75. The molecule has 0 saturated carbocycles. The summed E-state index contributed by atoms with van der Waals surface area (Å²) in [6.45, 7) is 6.94. The number of hydrogen-bond acceptors (Lipinski definition) is 3. The number of aryl methyl sites for hydroxylation is 2. The minimum Gasteiger partial charge on any atom is -0.460 e. The highest BCUT2D eigenvalue weighted by Crippen LogP contribution is 2.42. The van der Waals surface area contributed by atoms with E-state index >= 15 is 0 Å². The lowest BCUT2D eigenvalue weighted by molar-refractivity contribution is -0.116. The smallest absolute Gasteiger partial charge is 0.226 e. The molecule has 4 rings (SSSR count). The number of benzene rings is 1. The van der Waals surface area contributed by atoms with E-state index < -0.39 is 0 Å². The first kappa shape index (κ1) is 14.1. The summed E-state index contributed by atoms with van der Waals surface area (Å²) in [6.07, 6.45) is 0.393. The summed E-state index contributed by atoms with van der Waals surface area (Å²) in [7, 11) is 0. The van der Waals surface area contributed by atoms with E-state index in [1.165, 1.54) is 0 Å². The predicted molar refractivity (Wildman–Crippen MR) is 88.7 cm³/mol. The van der Waals surface area contributed by atoms with Gasteiger partial charge in [0.15, 0.2) is 5.82 Å². The second-order valence-corrected chi connectivity index (χ2v) is 6.06. The SMILES string of the molecule is CCn1nc2c(c1C)C(c1oc3ccccc3c1C)CC(=O)N2. The van der Waals surface area contributed by atoms with Gasteiger partial charge in [0, 0.05) is 29.6 Å². The Morgan fingerprint density at radius 1 is 1.35 bits per heavy atom. The lowest BCUT2D eigenvalue weighted by atomic mass is 9.88. The van der Waals surface area contributed by atoms with Gasteiger partial charge in [0.1, 0.15) is 11.3 Å². The maximum atomic E-state index is 12.1. The lowest BCUT2D eigenvalue weighted by Gasteiger charge is -2.21. The van der Waals surface area contributed by atoms with Gasteiger partial charge in [0.05, 0.1) is 5.92 Å². The number of amides is 1. The fourth-order valence-corrected chi connectivity index (χ4v) is 3.60. The summed E-state index contributed by atoms with van der Waals surface area (Å²) in [4.78, 5) is 12.1. The molecule has 0 aliphatic carbocycles. The first-order valence-corrected chi connectivity index (χ1v) is 7.95. The van der Waals surface area contributed by atoms with E-state index in [9.17, 15) is 4.79 Å². The van der Waals surface area contributed by atoms with Crippen molar-refractivity contribution in [3.63, 3.8) is 0 Å². The van der Waals surface area contributed by atoms with E-state index in [0.29, 0.717) is 12.2 Å². The van der Waals surface area contributed by atoms with Crippen molar-refractivity contribution in [1.29, 1.82) is 0 Å². The number of fused-ring (bicyclic) bond motifs is 2. The molecule has 0 radical (unpaired) electrons. The molecule has 1 N–H and O–H groups in total. The van der Waals surface area contributed by atoms with Crippen LogP contribution >= 0.6 is 0 Å². The molecule has 118 valence electrons. The molecule has 1 atom stereocenters. The largest absolute Gasteiger partial charge is 0.460 e. The number of carbonyl (C=O) groups is 1. The Morgan fingerprint density at radius 2 is 2.13 bits per heavy atom. The van der Waals surface area contributed by atoms with Crippen molar-refractivity contribution >= 4 is 22.7 Å². The Kier molecular flexibility index (Phi) is 3.04. The van der Waals surface area contributed by atoms with Gasteiger partial charge in [-0.15, -0.1) is 0 Å². The van der Waals surface area contributed by atoms with E-state index in [4.69, 9.17) is 4.42 Å². The summed E-state index contributed by atoms with van der Waals surface area (Å²) in [5.74, 6) is 1.46. The fourth-order valence-electron chi connectivity index (χ4n) is 3.60. The van der Waals surface area contributed by atoms with Crippen molar-refractivity contribution in [2.75, 3.05) is 5.32 Å². The molecule has 1 aliphatic rings. The summed E-state index contributed by atoms with van der Waals surface area (Å²) in [5, 5.41) is 8.52. The normalized spacial score (nSPS) is 17.3. The second kappa shape index (κ2) is 4.98. The molecular formula is C18H19N3O2. The molecule has 5 heteroatoms. The Labute approximate surface area is 134 Å². The molecule has 0 spiro atoms. The highest BCUT2D eigenvalue weighted by molar-refractivity contribution is 5.95. The van der Waals surface area contributed by atoms with Crippen LogP contribution in [0.2, 0.25) is 0 Å². The number of furan rings is 1. The number of aromatic nitrogens is 2. The number of anilines is 1. The third-order valence-corrected chi connectivity index (χ3v) is 4.75. The number of nitrogens with zero attached hydrogens (tertiary/aromatic N) is 2. The van der Waals surface area contributed by atoms with Crippen LogP contribution in [0.15, 0.2) is 28.7 Å². The molecular weight excluding hydrogens is 290 g/mol. The van der Waals surface area contributed by atoms with Crippen LogP contribution in [0.4, 0.5) is 5.82 Å². The highest BCUT2D eigenvalue weighted by atomic mass is 16.3. The summed E-state index contributed by atoms with van der Waals surface area (Å²) in [6, 6.07) is 8.00. The minimum absolute atomic E-state index is 0.0110. The van der Waals surface area contributed by atoms with Gasteiger partial charge in [-0.3, -0.25) is 9.48 Å². The molecule has 1 aromatic carbocycles. The maximum Gasteiger partial charge on any atom is 0.226 e. The number of nitrogens with one attached hydrogen (secondary N) is 1. The molecule has 2 aromatic heterocycles. The standard InChI is InChI=1S/C18H19N3O2/c1-4-21-11(3)16-13(9-15(22)19-18(16)20-21)17-10(2)12-7-5-6-8-14(12)23-17/h5-8,13H,4,9H2,1-3H3,(H,19,20,22). The minimum atomic E-state index is -0.0774. The van der Waals surface area contributed by atoms with Gasteiger partial charge in [-0.05, 0) is 32.4 Å². The van der Waals surface area contributed by atoms with Crippen molar-refractivity contribution in [3.05, 3.63) is 46.8 Å². The zero-order valence-electron chi connectivity index (χ0n) is 13.5. The second-order valence-electron chi connectivity index (χ2n) is 6.06. The van der Waals surface area contributed by atoms with Crippen LogP contribution in [-0.2, 0) is 11.3 Å². The average Bonchev–Trinajstić information content (AvgIpc) is 3.05. The van der Waals surface area contributed by atoms with Crippen LogP contribution in [0.25, 0.3) is 11.0 Å². The Morgan fingerprint density at radius 3 is 2.87 bits per heavy atom. The Balaban J connectivity index is 1.93. The van der Waals surface area contributed by atoms with Gasteiger partial charge < -0.3 is 9.73 Å². The molecule has 3 aromatic rings. The van der Waals surface area contributed by atoms with E-state index in [-0.39, 0.29) is 11.8 Å². The predicted octanol–water partition coefficient (Wildman–Crippen LogP) is 3.74. The van der Waals surface area contributed by atoms with Crippen LogP contribution in [-0.4, -0.2) is 15.7 Å². The molecule has 23 heavy (non-hydrogen) atoms. The Bertz CT molecular complexity index is 920. The fraction of sp³-hybridized carbons (Fsp3) is 0.333. The van der Waals surface area contributed by atoms with Gasteiger partial charge >= 0.3 is 0 Å². The van der Waals surface area contributed by atoms with E-state index in [0.717, 1.165) is 40.1 Å². The monoisotopic (exact) mass is 309 g/mol. The quantitative estimate of drug-likeness (QED) is 0.784. The zero-order chi connectivity index (χ0) is 16.1. The summed E-state index contributed by atoms with van der Waals surface area (Å²) >= 11 is 0. The van der Waals surface area contributed by atoms with Crippen molar-refractivity contribution in [2.45, 2.75) is 39.7 Å². The molecule has 1 amide bonds. The third kappa shape index (κ3) is 2.00. The van der Waals surface area contributed by atoms with Crippen LogP contribution in [0, 0.1) is 13.8 Å². The first-order chi connectivity index (χ1) is 11.1. The van der Waals surface area contributed by atoms with Crippen molar-refractivity contribution in [1.82, 2.24) is 9.78 Å². The van der Waals surface area contributed by atoms with Crippen molar-refractivity contribution < 1.29 is 9.21 Å². The highest BCUT2D eigenvalue weighted by Gasteiger charge is 2.34. The van der Waals surface area contributed by atoms with Gasteiger partial charge in [0.2, 0.25) is 5.91 Å². The van der Waals surface area contributed by atoms with Gasteiger partial charge in [-0.1, -0.05) is 18.2 Å². The van der Waals surface area contributed by atoms with Crippen LogP contribution in [0.5, 0.6) is 0 Å². The molecule has 1 unspecified atom stereocenters. The number of para-hydroxylation sites is 1. The molecule has 1 aliphatic heterocycles. The number of carbonyl (C=O) groups excluding carboxylic acids is 1. The van der Waals surface area contributed by atoms with E-state index in [2.05, 4.69) is 37.3 Å². The van der Waals surface area contributed by atoms with Gasteiger partial charge in [-0.2, -0.15) is 5.10 Å². The first-order valence-electron chi connectivity index (χ1n) is 7.95. The van der Waals surface area contributed by atoms with Gasteiger partial charge in [-0.25, -0.2) is 0 Å². The molecule has 0 fully saturated rings. The number of hydrogen-bond donors (Lipinski definition) is 1.